The lowest BCUT2D eigenvalue weighted by Crippen LogP contribution is -2.12. The first-order chi connectivity index (χ1) is 13.5. The fourth-order valence-electron chi connectivity index (χ4n) is 2.91. The summed E-state index contributed by atoms with van der Waals surface area (Å²) in [4.78, 5) is 33.6. The topological polar surface area (TPSA) is 81.2 Å². The van der Waals surface area contributed by atoms with Crippen molar-refractivity contribution < 1.29 is 14.3 Å². The number of ether oxygens (including phenoxy) is 1. The van der Waals surface area contributed by atoms with E-state index in [9.17, 15) is 9.59 Å². The third-order valence-corrected chi connectivity index (χ3v) is 4.15. The summed E-state index contributed by atoms with van der Waals surface area (Å²) >= 11 is 0. The van der Waals surface area contributed by atoms with E-state index in [2.05, 4.69) is 15.3 Å². The minimum absolute atomic E-state index is 0.159. The third-order valence-electron chi connectivity index (χ3n) is 4.15. The number of para-hydroxylation sites is 1. The second-order valence-electron chi connectivity index (χ2n) is 6.17. The highest BCUT2D eigenvalue weighted by Crippen LogP contribution is 2.27. The number of carbonyl (C=O) groups is 2. The Kier molecular flexibility index (Phi) is 5.79. The van der Waals surface area contributed by atoms with E-state index in [4.69, 9.17) is 4.74 Å². The number of anilines is 2. The maximum absolute atomic E-state index is 12.3. The van der Waals surface area contributed by atoms with Gasteiger partial charge in [-0.05, 0) is 32.9 Å². The molecular weight excluding hydrogens is 354 g/mol. The van der Waals surface area contributed by atoms with Gasteiger partial charge in [-0.1, -0.05) is 42.5 Å². The molecule has 0 radical (unpaired) electrons. The molecule has 0 unspecified atom stereocenters. The molecular formula is C22H21N3O3. The molecule has 142 valence electrons. The molecule has 0 saturated carbocycles. The molecule has 0 bridgehead atoms. The molecule has 1 N–H and O–H groups in total. The summed E-state index contributed by atoms with van der Waals surface area (Å²) in [6, 6.07) is 16.5. The number of hydrogen-bond donors (Lipinski definition) is 1. The van der Waals surface area contributed by atoms with Crippen molar-refractivity contribution in [2.75, 3.05) is 11.9 Å². The van der Waals surface area contributed by atoms with Crippen molar-refractivity contribution in [3.05, 3.63) is 71.4 Å². The van der Waals surface area contributed by atoms with E-state index < -0.39 is 5.97 Å². The molecule has 0 aliphatic heterocycles. The first kappa shape index (κ1) is 19.2. The predicted molar refractivity (Wildman–Crippen MR) is 108 cm³/mol. The van der Waals surface area contributed by atoms with Crippen molar-refractivity contribution in [2.45, 2.75) is 20.8 Å². The Labute approximate surface area is 163 Å². The van der Waals surface area contributed by atoms with E-state index in [-0.39, 0.29) is 12.4 Å². The number of aromatic nitrogens is 2. The van der Waals surface area contributed by atoms with Crippen molar-refractivity contribution in [1.82, 2.24) is 9.97 Å². The first-order valence-electron chi connectivity index (χ1n) is 8.99. The van der Waals surface area contributed by atoms with Gasteiger partial charge in [0.2, 0.25) is 0 Å². The van der Waals surface area contributed by atoms with Gasteiger partial charge in [-0.2, -0.15) is 0 Å². The molecule has 3 aromatic rings. The van der Waals surface area contributed by atoms with Crippen LogP contribution >= 0.6 is 0 Å². The summed E-state index contributed by atoms with van der Waals surface area (Å²) in [6.07, 6.45) is 0. The molecule has 6 heteroatoms. The zero-order valence-corrected chi connectivity index (χ0v) is 16.0. The monoisotopic (exact) mass is 375 g/mol. The number of hydrogen-bond acceptors (Lipinski definition) is 6. The van der Waals surface area contributed by atoms with Crippen LogP contribution in [-0.2, 0) is 4.74 Å². The molecule has 0 aliphatic carbocycles. The molecule has 1 aromatic heterocycles. The molecule has 0 atom stereocenters. The van der Waals surface area contributed by atoms with Gasteiger partial charge in [0.1, 0.15) is 5.82 Å². The molecule has 2 aromatic carbocycles. The van der Waals surface area contributed by atoms with Crippen LogP contribution in [0.15, 0.2) is 54.6 Å². The van der Waals surface area contributed by atoms with Crippen LogP contribution in [0.5, 0.6) is 0 Å². The van der Waals surface area contributed by atoms with E-state index >= 15 is 0 Å². The summed E-state index contributed by atoms with van der Waals surface area (Å²) in [5, 5.41) is 3.14. The fraction of sp³-hybridized carbons (Fsp3) is 0.182. The van der Waals surface area contributed by atoms with E-state index in [1.165, 1.54) is 6.92 Å². The Morgan fingerprint density at radius 3 is 2.36 bits per heavy atom. The zero-order valence-electron chi connectivity index (χ0n) is 16.0. The minimum Gasteiger partial charge on any atom is -0.462 e. The van der Waals surface area contributed by atoms with E-state index in [0.29, 0.717) is 34.2 Å². The van der Waals surface area contributed by atoms with Crippen LogP contribution in [0.2, 0.25) is 0 Å². The second kappa shape index (κ2) is 8.43. The maximum atomic E-state index is 12.3. The molecule has 28 heavy (non-hydrogen) atoms. The molecule has 0 fully saturated rings. The number of rotatable bonds is 6. The lowest BCUT2D eigenvalue weighted by molar-refractivity contribution is 0.0527. The van der Waals surface area contributed by atoms with Gasteiger partial charge in [0.15, 0.2) is 11.6 Å². The van der Waals surface area contributed by atoms with Crippen LogP contribution in [-0.4, -0.2) is 28.3 Å². The molecule has 0 saturated heterocycles. The highest BCUT2D eigenvalue weighted by Gasteiger charge is 2.19. The minimum atomic E-state index is -0.441. The molecule has 1 heterocycles. The van der Waals surface area contributed by atoms with Crippen molar-refractivity contribution >= 4 is 23.3 Å². The van der Waals surface area contributed by atoms with Gasteiger partial charge in [-0.25, -0.2) is 14.8 Å². The average Bonchev–Trinajstić information content (AvgIpc) is 2.68. The van der Waals surface area contributed by atoms with Crippen LogP contribution in [0.3, 0.4) is 0 Å². The predicted octanol–water partition coefficient (Wildman–Crippen LogP) is 4.57. The number of nitrogens with zero attached hydrogens (tertiary/aromatic N) is 2. The third kappa shape index (κ3) is 4.06. The van der Waals surface area contributed by atoms with Crippen LogP contribution in [0.4, 0.5) is 11.5 Å². The molecule has 0 spiro atoms. The molecule has 0 amide bonds. The van der Waals surface area contributed by atoms with Gasteiger partial charge in [0, 0.05) is 5.56 Å². The highest BCUT2D eigenvalue weighted by molar-refractivity contribution is 6.02. The standard InChI is InChI=1S/C22H21N3O3/c1-4-28-22(27)17-12-8-9-13-18(17)24-21-19(15(3)26)14(2)23-20(25-21)16-10-6-5-7-11-16/h5-13H,4H2,1-3H3,(H,23,24,25). The molecule has 0 aliphatic rings. The Morgan fingerprint density at radius 2 is 1.68 bits per heavy atom. The largest absolute Gasteiger partial charge is 0.462 e. The van der Waals surface area contributed by atoms with Gasteiger partial charge in [-0.15, -0.1) is 0 Å². The number of aryl methyl sites for hydroxylation is 1. The van der Waals surface area contributed by atoms with Crippen LogP contribution in [0.1, 0.15) is 40.3 Å². The lowest BCUT2D eigenvalue weighted by atomic mass is 10.1. The van der Waals surface area contributed by atoms with E-state index in [1.807, 2.05) is 30.3 Å². The molecule has 3 rings (SSSR count). The Morgan fingerprint density at radius 1 is 1.00 bits per heavy atom. The number of benzene rings is 2. The summed E-state index contributed by atoms with van der Waals surface area (Å²) in [5.41, 5.74) is 2.68. The van der Waals surface area contributed by atoms with Gasteiger partial charge >= 0.3 is 5.97 Å². The van der Waals surface area contributed by atoms with Crippen molar-refractivity contribution in [2.24, 2.45) is 0 Å². The van der Waals surface area contributed by atoms with Crippen LogP contribution in [0.25, 0.3) is 11.4 Å². The summed E-state index contributed by atoms with van der Waals surface area (Å²) < 4.78 is 5.12. The Bertz CT molecular complexity index is 1020. The van der Waals surface area contributed by atoms with Crippen molar-refractivity contribution in [3.63, 3.8) is 0 Å². The quantitative estimate of drug-likeness (QED) is 0.502. The van der Waals surface area contributed by atoms with E-state index in [0.717, 1.165) is 5.56 Å². The number of carbonyl (C=O) groups excluding carboxylic acids is 2. The second-order valence-corrected chi connectivity index (χ2v) is 6.17. The van der Waals surface area contributed by atoms with Crippen LogP contribution in [0, 0.1) is 6.92 Å². The number of Topliss-reactive ketones (excluding diaryl/α,β-unsaturated/α-hetero) is 1. The highest BCUT2D eigenvalue weighted by atomic mass is 16.5. The lowest BCUT2D eigenvalue weighted by Gasteiger charge is -2.15. The van der Waals surface area contributed by atoms with Crippen molar-refractivity contribution in [1.29, 1.82) is 0 Å². The number of esters is 1. The number of nitrogens with one attached hydrogen (secondary N) is 1. The van der Waals surface area contributed by atoms with Gasteiger partial charge in [0.25, 0.3) is 0 Å². The summed E-state index contributed by atoms with van der Waals surface area (Å²) in [6.45, 7) is 5.27. The Hall–Kier alpha value is -3.54. The zero-order chi connectivity index (χ0) is 20.1. The smallest absolute Gasteiger partial charge is 0.340 e. The normalized spacial score (nSPS) is 10.4. The summed E-state index contributed by atoms with van der Waals surface area (Å²) in [7, 11) is 0. The summed E-state index contributed by atoms with van der Waals surface area (Å²) in [5.74, 6) is 0.257. The fourth-order valence-corrected chi connectivity index (χ4v) is 2.91. The molecule has 6 nitrogen and oxygen atoms in total. The Balaban J connectivity index is 2.10. The number of ketones is 1. The van der Waals surface area contributed by atoms with Crippen LogP contribution < -0.4 is 5.32 Å². The SMILES string of the molecule is CCOC(=O)c1ccccc1Nc1nc(-c2ccccc2)nc(C)c1C(C)=O. The average molecular weight is 375 g/mol. The van der Waals surface area contributed by atoms with Gasteiger partial charge < -0.3 is 10.1 Å². The van der Waals surface area contributed by atoms with Gasteiger partial charge in [-0.3, -0.25) is 4.79 Å². The van der Waals surface area contributed by atoms with Gasteiger partial charge in [0.05, 0.1) is 29.1 Å². The van der Waals surface area contributed by atoms with Crippen molar-refractivity contribution in [3.8, 4) is 11.4 Å². The maximum Gasteiger partial charge on any atom is 0.340 e. The van der Waals surface area contributed by atoms with E-state index in [1.54, 1.807) is 38.1 Å². The first-order valence-corrected chi connectivity index (χ1v) is 8.99.